The zero-order valence-corrected chi connectivity index (χ0v) is 10.6. The highest BCUT2D eigenvalue weighted by molar-refractivity contribution is 5.32. The molecule has 1 aromatic carbocycles. The number of hydrogen-bond donors (Lipinski definition) is 0. The van der Waals surface area contributed by atoms with Crippen LogP contribution in [0.15, 0.2) is 18.2 Å². The smallest absolute Gasteiger partial charge is 0.165 e. The van der Waals surface area contributed by atoms with Gasteiger partial charge in [-0.1, -0.05) is 13.0 Å². The molecule has 17 heavy (non-hydrogen) atoms. The Bertz CT molecular complexity index is 426. The number of nitriles is 1. The van der Waals surface area contributed by atoms with E-state index in [1.165, 1.54) is 13.2 Å². The first-order valence-corrected chi connectivity index (χ1v) is 5.40. The minimum absolute atomic E-state index is 0.0598. The lowest BCUT2D eigenvalue weighted by atomic mass is 9.93. The molecular weight excluding hydrogens is 219 g/mol. The normalized spacial score (nSPS) is 14.2. The van der Waals surface area contributed by atoms with E-state index in [4.69, 9.17) is 10.00 Å². The molecule has 0 aromatic heterocycles. The molecule has 0 fully saturated rings. The largest absolute Gasteiger partial charge is 0.494 e. The highest BCUT2D eigenvalue weighted by Gasteiger charge is 2.21. The highest BCUT2D eigenvalue weighted by Crippen LogP contribution is 2.26. The van der Waals surface area contributed by atoms with Crippen LogP contribution in [0.5, 0.6) is 5.75 Å². The summed E-state index contributed by atoms with van der Waals surface area (Å²) >= 11 is 0. The van der Waals surface area contributed by atoms with Crippen molar-refractivity contribution in [2.24, 2.45) is 0 Å². The molecule has 0 saturated heterocycles. The van der Waals surface area contributed by atoms with E-state index in [9.17, 15) is 4.39 Å². The minimum atomic E-state index is -0.396. The van der Waals surface area contributed by atoms with E-state index in [0.29, 0.717) is 0 Å². The van der Waals surface area contributed by atoms with Gasteiger partial charge in [-0.25, -0.2) is 4.39 Å². The number of halogens is 1. The molecular formula is C13H17FN2O. The first kappa shape index (κ1) is 13.5. The molecule has 0 amide bonds. The number of methoxy groups -OCH3 is 1. The van der Waals surface area contributed by atoms with Crippen LogP contribution >= 0.6 is 0 Å². The SMILES string of the molecule is COc1ccc(C(C)C(C#N)N(C)C)cc1F. The quantitative estimate of drug-likeness (QED) is 0.805. The van der Waals surface area contributed by atoms with Crippen molar-refractivity contribution in [2.45, 2.75) is 18.9 Å². The Kier molecular flexibility index (Phi) is 4.47. The van der Waals surface area contributed by atoms with Crippen molar-refractivity contribution in [2.75, 3.05) is 21.2 Å². The third kappa shape index (κ3) is 2.95. The Morgan fingerprint density at radius 1 is 1.41 bits per heavy atom. The molecule has 0 spiro atoms. The van der Waals surface area contributed by atoms with Gasteiger partial charge >= 0.3 is 0 Å². The lowest BCUT2D eigenvalue weighted by Crippen LogP contribution is -2.31. The summed E-state index contributed by atoms with van der Waals surface area (Å²) in [5.74, 6) is -0.234. The Morgan fingerprint density at radius 2 is 2.06 bits per heavy atom. The molecule has 0 aliphatic rings. The fourth-order valence-electron chi connectivity index (χ4n) is 1.82. The van der Waals surface area contributed by atoms with Crippen molar-refractivity contribution in [3.8, 4) is 11.8 Å². The van der Waals surface area contributed by atoms with E-state index in [-0.39, 0.29) is 17.7 Å². The van der Waals surface area contributed by atoms with E-state index in [1.807, 2.05) is 25.9 Å². The summed E-state index contributed by atoms with van der Waals surface area (Å²) in [5.41, 5.74) is 0.795. The van der Waals surface area contributed by atoms with E-state index in [2.05, 4.69) is 6.07 Å². The summed E-state index contributed by atoms with van der Waals surface area (Å²) < 4.78 is 18.4. The summed E-state index contributed by atoms with van der Waals surface area (Å²) in [6.45, 7) is 1.91. The summed E-state index contributed by atoms with van der Waals surface area (Å²) in [6.07, 6.45) is 0. The van der Waals surface area contributed by atoms with Crippen LogP contribution in [-0.4, -0.2) is 32.1 Å². The topological polar surface area (TPSA) is 36.3 Å². The molecule has 0 aliphatic heterocycles. The van der Waals surface area contributed by atoms with Gasteiger partial charge in [-0.3, -0.25) is 4.90 Å². The highest BCUT2D eigenvalue weighted by atomic mass is 19.1. The van der Waals surface area contributed by atoms with Gasteiger partial charge in [-0.2, -0.15) is 5.26 Å². The average molecular weight is 236 g/mol. The Morgan fingerprint density at radius 3 is 2.47 bits per heavy atom. The maximum absolute atomic E-state index is 13.6. The van der Waals surface area contributed by atoms with Crippen LogP contribution in [0.1, 0.15) is 18.4 Å². The molecule has 2 atom stereocenters. The van der Waals surface area contributed by atoms with Gasteiger partial charge in [-0.05, 0) is 31.8 Å². The van der Waals surface area contributed by atoms with Crippen molar-refractivity contribution in [1.82, 2.24) is 4.90 Å². The van der Waals surface area contributed by atoms with Crippen molar-refractivity contribution in [3.63, 3.8) is 0 Å². The summed E-state index contributed by atoms with van der Waals surface area (Å²) in [4.78, 5) is 1.83. The molecule has 92 valence electrons. The van der Waals surface area contributed by atoms with Crippen molar-refractivity contribution in [3.05, 3.63) is 29.6 Å². The van der Waals surface area contributed by atoms with E-state index in [1.54, 1.807) is 12.1 Å². The fourth-order valence-corrected chi connectivity index (χ4v) is 1.82. The summed E-state index contributed by atoms with van der Waals surface area (Å²) in [5, 5.41) is 9.09. The lowest BCUT2D eigenvalue weighted by Gasteiger charge is -2.24. The zero-order chi connectivity index (χ0) is 13.0. The van der Waals surface area contributed by atoms with Crippen molar-refractivity contribution in [1.29, 1.82) is 5.26 Å². The lowest BCUT2D eigenvalue weighted by molar-refractivity contribution is 0.315. The summed E-state index contributed by atoms with van der Waals surface area (Å²) in [7, 11) is 5.11. The van der Waals surface area contributed by atoms with Gasteiger partial charge in [-0.15, -0.1) is 0 Å². The minimum Gasteiger partial charge on any atom is -0.494 e. The third-order valence-electron chi connectivity index (χ3n) is 2.86. The molecule has 3 nitrogen and oxygen atoms in total. The molecule has 2 unspecified atom stereocenters. The number of hydrogen-bond acceptors (Lipinski definition) is 3. The Balaban J connectivity index is 3.01. The third-order valence-corrected chi connectivity index (χ3v) is 2.86. The number of benzene rings is 1. The second-order valence-corrected chi connectivity index (χ2v) is 4.22. The fraction of sp³-hybridized carbons (Fsp3) is 0.462. The molecule has 1 aromatic rings. The van der Waals surface area contributed by atoms with Gasteiger partial charge in [0.25, 0.3) is 0 Å². The number of nitrogens with zero attached hydrogens (tertiary/aromatic N) is 2. The number of likely N-dealkylation sites (N-methyl/N-ethyl adjacent to an activating group) is 1. The molecule has 0 aliphatic carbocycles. The van der Waals surface area contributed by atoms with Gasteiger partial charge in [0.1, 0.15) is 6.04 Å². The Labute approximate surface area is 101 Å². The summed E-state index contributed by atoms with van der Waals surface area (Å²) in [6, 6.07) is 6.75. The van der Waals surface area contributed by atoms with Crippen molar-refractivity contribution >= 4 is 0 Å². The first-order chi connectivity index (χ1) is 8.01. The molecule has 0 bridgehead atoms. The van der Waals surface area contributed by atoms with Gasteiger partial charge in [0.2, 0.25) is 0 Å². The van der Waals surface area contributed by atoms with Gasteiger partial charge in [0, 0.05) is 5.92 Å². The number of ether oxygens (including phenoxy) is 1. The predicted octanol–water partition coefficient (Wildman–Crippen LogP) is 2.39. The second-order valence-electron chi connectivity index (χ2n) is 4.22. The van der Waals surface area contributed by atoms with Crippen LogP contribution < -0.4 is 4.74 Å². The molecule has 4 heteroatoms. The van der Waals surface area contributed by atoms with Gasteiger partial charge in [0.05, 0.1) is 13.2 Å². The van der Waals surface area contributed by atoms with Gasteiger partial charge in [0.15, 0.2) is 11.6 Å². The predicted molar refractivity (Wildman–Crippen MR) is 64.5 cm³/mol. The van der Waals surface area contributed by atoms with E-state index >= 15 is 0 Å². The molecule has 0 heterocycles. The van der Waals surface area contributed by atoms with E-state index in [0.717, 1.165) is 5.56 Å². The van der Waals surface area contributed by atoms with Crippen LogP contribution in [0, 0.1) is 17.1 Å². The van der Waals surface area contributed by atoms with Crippen LogP contribution in [0.2, 0.25) is 0 Å². The first-order valence-electron chi connectivity index (χ1n) is 5.40. The molecule has 1 rings (SSSR count). The number of rotatable bonds is 4. The molecule has 0 saturated carbocycles. The van der Waals surface area contributed by atoms with Crippen LogP contribution in [0.25, 0.3) is 0 Å². The maximum atomic E-state index is 13.6. The monoisotopic (exact) mass is 236 g/mol. The second kappa shape index (κ2) is 5.65. The van der Waals surface area contributed by atoms with Crippen LogP contribution in [0.3, 0.4) is 0 Å². The van der Waals surface area contributed by atoms with Crippen LogP contribution in [-0.2, 0) is 0 Å². The van der Waals surface area contributed by atoms with Gasteiger partial charge < -0.3 is 4.74 Å². The van der Waals surface area contributed by atoms with Crippen LogP contribution in [0.4, 0.5) is 4.39 Å². The van der Waals surface area contributed by atoms with Crippen molar-refractivity contribution < 1.29 is 9.13 Å². The maximum Gasteiger partial charge on any atom is 0.165 e. The molecule has 0 radical (unpaired) electrons. The Hall–Kier alpha value is -1.60. The zero-order valence-electron chi connectivity index (χ0n) is 10.6. The average Bonchev–Trinajstić information content (AvgIpc) is 2.29. The molecule has 0 N–H and O–H groups in total. The van der Waals surface area contributed by atoms with E-state index < -0.39 is 5.82 Å². The standard InChI is InChI=1S/C13H17FN2O/c1-9(12(8-15)16(2)3)10-5-6-13(17-4)11(14)7-10/h5-7,9,12H,1-4H3.